The smallest absolute Gasteiger partial charge is 0.0951 e. The van der Waals surface area contributed by atoms with Crippen molar-refractivity contribution in [1.82, 2.24) is 24.6 Å². The number of aromatic amines is 1. The minimum atomic E-state index is 0.654. The van der Waals surface area contributed by atoms with Crippen molar-refractivity contribution in [2.75, 3.05) is 7.05 Å². The van der Waals surface area contributed by atoms with Gasteiger partial charge in [0.25, 0.3) is 0 Å². The molecule has 25 heavy (non-hydrogen) atoms. The topological polar surface area (TPSA) is 49.7 Å². The second-order valence-electron chi connectivity index (χ2n) is 7.94. The van der Waals surface area contributed by atoms with Crippen LogP contribution in [0.2, 0.25) is 0 Å². The number of H-pyrrole nitrogens is 1. The summed E-state index contributed by atoms with van der Waals surface area (Å²) < 4.78 is 2.43. The highest BCUT2D eigenvalue weighted by atomic mass is 15.2. The number of imidazole rings is 1. The van der Waals surface area contributed by atoms with Crippen LogP contribution < -0.4 is 0 Å². The molecule has 2 aromatic rings. The Hall–Kier alpha value is -1.62. The molecule has 2 aromatic heterocycles. The maximum atomic E-state index is 4.63. The molecule has 2 aliphatic carbocycles. The number of aromatic nitrogens is 4. The predicted molar refractivity (Wildman–Crippen MR) is 99.4 cm³/mol. The highest BCUT2D eigenvalue weighted by Crippen LogP contribution is 2.29. The number of hydrogen-bond donors (Lipinski definition) is 1. The Balaban J connectivity index is 1.42. The van der Waals surface area contributed by atoms with E-state index in [1.165, 1.54) is 86.9 Å². The maximum Gasteiger partial charge on any atom is 0.0951 e. The zero-order chi connectivity index (χ0) is 17.1. The quantitative estimate of drug-likeness (QED) is 0.836. The third kappa shape index (κ3) is 3.81. The molecule has 0 unspecified atom stereocenters. The molecule has 0 amide bonds. The summed E-state index contributed by atoms with van der Waals surface area (Å²) in [6.07, 6.45) is 17.1. The molecular formula is C20H31N5. The lowest BCUT2D eigenvalue weighted by molar-refractivity contribution is 0.287. The van der Waals surface area contributed by atoms with Crippen LogP contribution in [0.4, 0.5) is 0 Å². The zero-order valence-electron chi connectivity index (χ0n) is 15.5. The Morgan fingerprint density at radius 1 is 1.08 bits per heavy atom. The number of fused-ring (bicyclic) bond motifs is 1. The molecule has 5 nitrogen and oxygen atoms in total. The second kappa shape index (κ2) is 7.73. The van der Waals surface area contributed by atoms with Crippen LogP contribution in [0.5, 0.6) is 0 Å². The lowest BCUT2D eigenvalue weighted by Gasteiger charge is -2.26. The van der Waals surface area contributed by atoms with E-state index in [4.69, 9.17) is 0 Å². The number of rotatable bonds is 5. The first-order valence-corrected chi connectivity index (χ1v) is 10.1. The molecule has 4 rings (SSSR count). The van der Waals surface area contributed by atoms with Crippen LogP contribution in [0.15, 0.2) is 12.5 Å². The molecule has 2 aliphatic rings. The molecule has 0 bridgehead atoms. The van der Waals surface area contributed by atoms with E-state index in [0.29, 0.717) is 6.04 Å². The van der Waals surface area contributed by atoms with Crippen molar-refractivity contribution < 1.29 is 0 Å². The molecule has 0 aromatic carbocycles. The van der Waals surface area contributed by atoms with Crippen molar-refractivity contribution in [3.05, 3.63) is 35.2 Å². The molecule has 0 spiro atoms. The Morgan fingerprint density at radius 3 is 2.76 bits per heavy atom. The summed E-state index contributed by atoms with van der Waals surface area (Å²) in [4.78, 5) is 6.83. The van der Waals surface area contributed by atoms with Crippen molar-refractivity contribution in [3.8, 4) is 0 Å². The highest BCUT2D eigenvalue weighted by molar-refractivity contribution is 5.26. The molecule has 0 atom stereocenters. The normalized spacial score (nSPS) is 19.1. The van der Waals surface area contributed by atoms with E-state index >= 15 is 0 Å². The van der Waals surface area contributed by atoms with E-state index in [-0.39, 0.29) is 0 Å². The van der Waals surface area contributed by atoms with Crippen LogP contribution in [-0.4, -0.2) is 31.7 Å². The van der Waals surface area contributed by atoms with Gasteiger partial charge in [-0.05, 0) is 51.1 Å². The fourth-order valence-electron chi connectivity index (χ4n) is 4.59. The Morgan fingerprint density at radius 2 is 1.88 bits per heavy atom. The fourth-order valence-corrected chi connectivity index (χ4v) is 4.59. The van der Waals surface area contributed by atoms with E-state index in [1.807, 2.05) is 6.33 Å². The second-order valence-corrected chi connectivity index (χ2v) is 7.94. The molecular weight excluding hydrogens is 310 g/mol. The third-order valence-corrected chi connectivity index (χ3v) is 5.96. The van der Waals surface area contributed by atoms with E-state index < -0.39 is 0 Å². The summed E-state index contributed by atoms with van der Waals surface area (Å²) in [6.45, 7) is 1.86. The van der Waals surface area contributed by atoms with Crippen molar-refractivity contribution >= 4 is 0 Å². The molecule has 1 N–H and O–H groups in total. The van der Waals surface area contributed by atoms with Crippen molar-refractivity contribution in [1.29, 1.82) is 0 Å². The number of nitrogens with zero attached hydrogens (tertiary/aromatic N) is 4. The average molecular weight is 342 g/mol. The van der Waals surface area contributed by atoms with Gasteiger partial charge in [0.05, 0.1) is 17.7 Å². The van der Waals surface area contributed by atoms with Gasteiger partial charge in [-0.2, -0.15) is 5.10 Å². The van der Waals surface area contributed by atoms with E-state index in [2.05, 4.69) is 37.9 Å². The van der Waals surface area contributed by atoms with Gasteiger partial charge in [-0.25, -0.2) is 4.98 Å². The molecule has 2 heterocycles. The predicted octanol–water partition coefficient (Wildman–Crippen LogP) is 4.01. The van der Waals surface area contributed by atoms with Gasteiger partial charge in [0.15, 0.2) is 0 Å². The summed E-state index contributed by atoms with van der Waals surface area (Å²) in [6, 6.07) is 0.654. The van der Waals surface area contributed by atoms with E-state index in [0.717, 1.165) is 13.1 Å². The highest BCUT2D eigenvalue weighted by Gasteiger charge is 2.20. The minimum Gasteiger partial charge on any atom is -0.330 e. The van der Waals surface area contributed by atoms with Crippen molar-refractivity contribution in [3.63, 3.8) is 0 Å². The summed E-state index contributed by atoms with van der Waals surface area (Å²) in [5.74, 6) is 0. The Labute approximate surface area is 150 Å². The number of nitrogens with one attached hydrogen (secondary N) is 1. The molecule has 1 fully saturated rings. The Kier molecular flexibility index (Phi) is 5.20. The molecule has 0 radical (unpaired) electrons. The Bertz CT molecular complexity index is 680. The van der Waals surface area contributed by atoms with Gasteiger partial charge < -0.3 is 4.57 Å². The molecule has 0 saturated heterocycles. The van der Waals surface area contributed by atoms with Gasteiger partial charge in [-0.15, -0.1) is 0 Å². The maximum absolute atomic E-state index is 4.63. The van der Waals surface area contributed by atoms with Crippen LogP contribution >= 0.6 is 0 Å². The third-order valence-electron chi connectivity index (χ3n) is 5.96. The number of hydrogen-bond acceptors (Lipinski definition) is 3. The van der Waals surface area contributed by atoms with Gasteiger partial charge in [-0.1, -0.05) is 25.7 Å². The molecule has 1 saturated carbocycles. The fraction of sp³-hybridized carbons (Fsp3) is 0.700. The summed E-state index contributed by atoms with van der Waals surface area (Å²) >= 11 is 0. The van der Waals surface area contributed by atoms with Gasteiger partial charge in [0, 0.05) is 31.0 Å². The van der Waals surface area contributed by atoms with Crippen molar-refractivity contribution in [2.24, 2.45) is 0 Å². The van der Waals surface area contributed by atoms with Crippen LogP contribution in [0.1, 0.15) is 80.1 Å². The lowest BCUT2D eigenvalue weighted by Crippen LogP contribution is -2.22. The lowest BCUT2D eigenvalue weighted by atomic mass is 9.95. The molecule has 136 valence electrons. The van der Waals surface area contributed by atoms with Crippen molar-refractivity contribution in [2.45, 2.75) is 83.3 Å². The van der Waals surface area contributed by atoms with E-state index in [1.54, 1.807) is 0 Å². The average Bonchev–Trinajstić information content (AvgIpc) is 3.16. The van der Waals surface area contributed by atoms with E-state index in [9.17, 15) is 0 Å². The summed E-state index contributed by atoms with van der Waals surface area (Å²) in [5, 5.41) is 7.93. The molecule has 5 heteroatoms. The first kappa shape index (κ1) is 16.8. The monoisotopic (exact) mass is 341 g/mol. The van der Waals surface area contributed by atoms with Gasteiger partial charge in [0.1, 0.15) is 0 Å². The summed E-state index contributed by atoms with van der Waals surface area (Å²) in [5.41, 5.74) is 5.47. The van der Waals surface area contributed by atoms with Crippen LogP contribution in [0.3, 0.4) is 0 Å². The van der Waals surface area contributed by atoms with Crippen LogP contribution in [0, 0.1) is 0 Å². The summed E-state index contributed by atoms with van der Waals surface area (Å²) in [7, 11) is 2.20. The van der Waals surface area contributed by atoms with Crippen LogP contribution in [0.25, 0.3) is 0 Å². The largest absolute Gasteiger partial charge is 0.330 e. The standard InChI is InChI=1S/C20H31N5/c1-24(14-20-18-10-6-3-7-11-19(18)22-23-20)13-17-12-21-15-25(17)16-8-4-2-5-9-16/h12,15-16H,2-11,13-14H2,1H3,(H,22,23). The zero-order valence-corrected chi connectivity index (χ0v) is 15.5. The first-order valence-electron chi connectivity index (χ1n) is 10.1. The van der Waals surface area contributed by atoms with Crippen LogP contribution in [-0.2, 0) is 25.9 Å². The minimum absolute atomic E-state index is 0.654. The SMILES string of the molecule is CN(Cc1n[nH]c2c1CCCCC2)Cc1cncn1C1CCCCC1. The first-order chi connectivity index (χ1) is 12.3. The van der Waals surface area contributed by atoms with Gasteiger partial charge in [0.2, 0.25) is 0 Å². The molecule has 0 aliphatic heterocycles. The van der Waals surface area contributed by atoms with Gasteiger partial charge in [-0.3, -0.25) is 10.00 Å². The number of aryl methyl sites for hydroxylation is 1. The van der Waals surface area contributed by atoms with Gasteiger partial charge >= 0.3 is 0 Å².